The van der Waals surface area contributed by atoms with Crippen LogP contribution in [0.1, 0.15) is 15.9 Å². The third-order valence-corrected chi connectivity index (χ3v) is 4.13. The lowest BCUT2D eigenvalue weighted by atomic mass is 10.1. The monoisotopic (exact) mass is 394 g/mol. The molecule has 2 rings (SSSR count). The molecule has 0 radical (unpaired) electrons. The predicted molar refractivity (Wildman–Crippen MR) is 106 cm³/mol. The summed E-state index contributed by atoms with van der Waals surface area (Å²) < 4.78 is 0. The number of amides is 1. The Morgan fingerprint density at radius 1 is 0.923 bits per heavy atom. The topological polar surface area (TPSA) is 69.6 Å². The van der Waals surface area contributed by atoms with Crippen molar-refractivity contribution in [3.05, 3.63) is 59.7 Å². The first-order chi connectivity index (χ1) is 12.5. The maximum Gasteiger partial charge on any atom is 0.335 e. The van der Waals surface area contributed by atoms with Gasteiger partial charge in [-0.3, -0.25) is 4.79 Å². The lowest BCUT2D eigenvalue weighted by Crippen LogP contribution is -2.27. The molecule has 0 aliphatic heterocycles. The van der Waals surface area contributed by atoms with E-state index < -0.39 is 5.97 Å². The summed E-state index contributed by atoms with van der Waals surface area (Å²) in [5, 5.41) is 11.6. The number of carbonyl (C=O) groups excluding carboxylic acids is 1. The van der Waals surface area contributed by atoms with Crippen molar-refractivity contribution >= 4 is 46.5 Å². The van der Waals surface area contributed by atoms with E-state index in [1.54, 1.807) is 12.1 Å². The molecule has 138 valence electrons. The number of nitrogens with zero attached hydrogens (tertiary/aromatic N) is 1. The van der Waals surface area contributed by atoms with Gasteiger partial charge < -0.3 is 15.3 Å². The Balaban J connectivity index is 1.95. The number of nitrogens with one attached hydrogen (secondary N) is 1. The minimum Gasteiger partial charge on any atom is -0.478 e. The molecule has 7 heteroatoms. The highest BCUT2D eigenvalue weighted by atomic mass is 35.5. The van der Waals surface area contributed by atoms with Gasteiger partial charge in [0.05, 0.1) is 12.0 Å². The first-order valence-corrected chi connectivity index (χ1v) is 9.19. The summed E-state index contributed by atoms with van der Waals surface area (Å²) in [6, 6.07) is 13.7. The first kappa shape index (κ1) is 20.1. The number of halogens is 2. The normalized spacial score (nSPS) is 10.4. The third-order valence-electron chi connectivity index (χ3n) is 3.79. The molecule has 2 aromatic rings. The Morgan fingerprint density at radius 3 is 2.00 bits per heavy atom. The molecule has 0 aliphatic carbocycles. The second kappa shape index (κ2) is 10.0. The number of hydrogen-bond acceptors (Lipinski definition) is 3. The van der Waals surface area contributed by atoms with Crippen LogP contribution in [0, 0.1) is 0 Å². The zero-order valence-electron chi connectivity index (χ0n) is 14.1. The summed E-state index contributed by atoms with van der Waals surface area (Å²) in [7, 11) is 0. The van der Waals surface area contributed by atoms with E-state index in [2.05, 4.69) is 10.2 Å². The van der Waals surface area contributed by atoms with Crippen LogP contribution in [-0.4, -0.2) is 41.8 Å². The fourth-order valence-corrected chi connectivity index (χ4v) is 2.89. The van der Waals surface area contributed by atoms with Gasteiger partial charge in [-0.25, -0.2) is 4.79 Å². The van der Waals surface area contributed by atoms with E-state index in [-0.39, 0.29) is 17.9 Å². The van der Waals surface area contributed by atoms with E-state index in [0.717, 1.165) is 11.3 Å². The van der Waals surface area contributed by atoms with E-state index in [1.807, 2.05) is 24.3 Å². The standard InChI is InChI=1S/C19H20Cl2N2O3/c20-9-11-23(12-10-21)17-7-1-14(2-8-17)13-18(24)22-16-5-3-15(4-6-16)19(25)26/h1-8H,9-13H2,(H,22,24)(H,25,26). The molecule has 0 bridgehead atoms. The minimum atomic E-state index is -1.000. The number of aromatic carboxylic acids is 1. The van der Waals surface area contributed by atoms with Crippen LogP contribution in [-0.2, 0) is 11.2 Å². The van der Waals surface area contributed by atoms with Gasteiger partial charge in [-0.15, -0.1) is 23.2 Å². The average Bonchev–Trinajstić information content (AvgIpc) is 2.62. The van der Waals surface area contributed by atoms with Crippen molar-refractivity contribution in [2.24, 2.45) is 0 Å². The molecule has 0 atom stereocenters. The van der Waals surface area contributed by atoms with Gasteiger partial charge in [0.2, 0.25) is 5.91 Å². The van der Waals surface area contributed by atoms with Gasteiger partial charge in [-0.2, -0.15) is 0 Å². The molecule has 0 saturated carbocycles. The summed E-state index contributed by atoms with van der Waals surface area (Å²) >= 11 is 11.6. The number of rotatable bonds is 9. The molecular formula is C19H20Cl2N2O3. The van der Waals surface area contributed by atoms with Gasteiger partial charge in [0.15, 0.2) is 0 Å². The highest BCUT2D eigenvalue weighted by Gasteiger charge is 2.08. The molecule has 0 aliphatic rings. The van der Waals surface area contributed by atoms with Crippen LogP contribution in [0.5, 0.6) is 0 Å². The van der Waals surface area contributed by atoms with Crippen LogP contribution in [0.3, 0.4) is 0 Å². The van der Waals surface area contributed by atoms with Crippen molar-refractivity contribution in [1.29, 1.82) is 0 Å². The summed E-state index contributed by atoms with van der Waals surface area (Å²) in [4.78, 5) is 25.1. The average molecular weight is 395 g/mol. The molecule has 5 nitrogen and oxygen atoms in total. The molecule has 0 saturated heterocycles. The number of benzene rings is 2. The van der Waals surface area contributed by atoms with Gasteiger partial charge in [0.1, 0.15) is 0 Å². The van der Waals surface area contributed by atoms with Crippen molar-refractivity contribution in [2.45, 2.75) is 6.42 Å². The summed E-state index contributed by atoms with van der Waals surface area (Å²) in [6.07, 6.45) is 0.228. The maximum absolute atomic E-state index is 12.2. The fourth-order valence-electron chi connectivity index (χ4n) is 2.49. The van der Waals surface area contributed by atoms with Crippen LogP contribution in [0.25, 0.3) is 0 Å². The van der Waals surface area contributed by atoms with Crippen molar-refractivity contribution in [3.8, 4) is 0 Å². The van der Waals surface area contributed by atoms with Gasteiger partial charge in [0.25, 0.3) is 0 Å². The number of carboxylic acid groups (broad SMARTS) is 1. The van der Waals surface area contributed by atoms with Gasteiger partial charge >= 0.3 is 5.97 Å². The van der Waals surface area contributed by atoms with Gasteiger partial charge in [-0.1, -0.05) is 12.1 Å². The Morgan fingerprint density at radius 2 is 1.50 bits per heavy atom. The Kier molecular flexibility index (Phi) is 7.75. The first-order valence-electron chi connectivity index (χ1n) is 8.12. The maximum atomic E-state index is 12.2. The zero-order chi connectivity index (χ0) is 18.9. The molecule has 0 heterocycles. The molecule has 2 aromatic carbocycles. The van der Waals surface area contributed by atoms with Gasteiger partial charge in [-0.05, 0) is 42.0 Å². The lowest BCUT2D eigenvalue weighted by Gasteiger charge is -2.23. The number of alkyl halides is 2. The van der Waals surface area contributed by atoms with Crippen LogP contribution in [0.2, 0.25) is 0 Å². The van der Waals surface area contributed by atoms with Crippen LogP contribution in [0.4, 0.5) is 11.4 Å². The highest BCUT2D eigenvalue weighted by molar-refractivity contribution is 6.18. The summed E-state index contributed by atoms with van der Waals surface area (Å²) in [6.45, 7) is 1.42. The van der Waals surface area contributed by atoms with Crippen molar-refractivity contribution in [2.75, 3.05) is 35.1 Å². The molecule has 0 unspecified atom stereocenters. The van der Waals surface area contributed by atoms with E-state index in [9.17, 15) is 9.59 Å². The molecule has 0 fully saturated rings. The zero-order valence-corrected chi connectivity index (χ0v) is 15.6. The predicted octanol–water partition coefficient (Wildman–Crippen LogP) is 3.85. The summed E-state index contributed by atoms with van der Waals surface area (Å²) in [5.74, 6) is -0.136. The van der Waals surface area contributed by atoms with E-state index in [4.69, 9.17) is 28.3 Å². The molecule has 0 aromatic heterocycles. The number of carboxylic acids is 1. The van der Waals surface area contributed by atoms with Crippen LogP contribution < -0.4 is 10.2 Å². The Labute approximate surface area is 162 Å². The third kappa shape index (κ3) is 5.93. The number of hydrogen-bond donors (Lipinski definition) is 2. The largest absolute Gasteiger partial charge is 0.478 e. The molecule has 26 heavy (non-hydrogen) atoms. The SMILES string of the molecule is O=C(Cc1ccc(N(CCCl)CCCl)cc1)Nc1ccc(C(=O)O)cc1. The molecule has 2 N–H and O–H groups in total. The second-order valence-corrected chi connectivity index (χ2v) is 6.39. The molecular weight excluding hydrogens is 375 g/mol. The van der Waals surface area contributed by atoms with Crippen molar-refractivity contribution in [3.63, 3.8) is 0 Å². The number of carbonyl (C=O) groups is 2. The van der Waals surface area contributed by atoms with Gasteiger partial charge in [0, 0.05) is 36.2 Å². The van der Waals surface area contributed by atoms with Crippen molar-refractivity contribution in [1.82, 2.24) is 0 Å². The smallest absolute Gasteiger partial charge is 0.335 e. The molecule has 0 spiro atoms. The van der Waals surface area contributed by atoms with Crippen LogP contribution in [0.15, 0.2) is 48.5 Å². The summed E-state index contributed by atoms with van der Waals surface area (Å²) in [5.41, 5.74) is 2.63. The lowest BCUT2D eigenvalue weighted by molar-refractivity contribution is -0.115. The number of anilines is 2. The molecule has 1 amide bonds. The quantitative estimate of drug-likeness (QED) is 0.633. The minimum absolute atomic E-state index is 0.167. The Bertz CT molecular complexity index is 727. The Hall–Kier alpha value is -2.24. The fraction of sp³-hybridized carbons (Fsp3) is 0.263. The van der Waals surface area contributed by atoms with Crippen molar-refractivity contribution < 1.29 is 14.7 Å². The van der Waals surface area contributed by atoms with E-state index in [0.29, 0.717) is 30.5 Å². The van der Waals surface area contributed by atoms with E-state index in [1.165, 1.54) is 12.1 Å². The second-order valence-electron chi connectivity index (χ2n) is 5.64. The highest BCUT2D eigenvalue weighted by Crippen LogP contribution is 2.17. The van der Waals surface area contributed by atoms with E-state index >= 15 is 0 Å². The van der Waals surface area contributed by atoms with Crippen LogP contribution >= 0.6 is 23.2 Å².